The number of fused-ring (bicyclic) bond motifs is 1. The van der Waals surface area contributed by atoms with Crippen LogP contribution >= 0.6 is 0 Å². The average molecular weight is 201 g/mol. The molecule has 78 valence electrons. The van der Waals surface area contributed by atoms with Gasteiger partial charge >= 0.3 is 0 Å². The molecule has 2 nitrogen and oxygen atoms in total. The van der Waals surface area contributed by atoms with Crippen LogP contribution in [0.4, 0.5) is 5.69 Å². The van der Waals surface area contributed by atoms with Crippen LogP contribution in [0.15, 0.2) is 23.8 Å². The number of ketones is 1. The van der Waals surface area contributed by atoms with Crippen molar-refractivity contribution in [2.24, 2.45) is 0 Å². The van der Waals surface area contributed by atoms with Gasteiger partial charge in [0.05, 0.1) is 6.04 Å². The number of benzene rings is 1. The molecule has 1 heterocycles. The van der Waals surface area contributed by atoms with Crippen molar-refractivity contribution >= 4 is 17.5 Å². The zero-order valence-electron chi connectivity index (χ0n) is 9.29. The van der Waals surface area contributed by atoms with Crippen molar-refractivity contribution in [1.29, 1.82) is 0 Å². The third-order valence-corrected chi connectivity index (χ3v) is 2.76. The van der Waals surface area contributed by atoms with Crippen LogP contribution in [0.2, 0.25) is 0 Å². The van der Waals surface area contributed by atoms with Crippen LogP contribution in [-0.2, 0) is 4.79 Å². The van der Waals surface area contributed by atoms with E-state index in [1.165, 1.54) is 5.56 Å². The fraction of sp³-hybridized carbons (Fsp3) is 0.308. The number of nitrogens with one attached hydrogen (secondary N) is 1. The molecule has 2 rings (SSSR count). The Hall–Kier alpha value is -1.57. The molecule has 0 bridgehead atoms. The molecule has 2 heteroatoms. The van der Waals surface area contributed by atoms with E-state index in [2.05, 4.69) is 24.4 Å². The highest BCUT2D eigenvalue weighted by Crippen LogP contribution is 2.28. The Kier molecular flexibility index (Phi) is 2.35. The highest BCUT2D eigenvalue weighted by atomic mass is 16.1. The average Bonchev–Trinajstić information content (AvgIpc) is 2.15. The fourth-order valence-corrected chi connectivity index (χ4v) is 1.93. The van der Waals surface area contributed by atoms with Gasteiger partial charge in [-0.05, 0) is 44.0 Å². The molecular formula is C13H15NO. The van der Waals surface area contributed by atoms with Crippen LogP contribution in [0.25, 0.3) is 6.08 Å². The molecule has 1 unspecified atom stereocenters. The maximum absolute atomic E-state index is 11.4. The maximum Gasteiger partial charge on any atom is 0.157 e. The van der Waals surface area contributed by atoms with Crippen LogP contribution in [-0.4, -0.2) is 11.8 Å². The Labute approximate surface area is 90.0 Å². The third-order valence-electron chi connectivity index (χ3n) is 2.76. The van der Waals surface area contributed by atoms with Crippen molar-refractivity contribution in [3.05, 3.63) is 34.9 Å². The molecule has 0 saturated carbocycles. The first kappa shape index (κ1) is 9.97. The van der Waals surface area contributed by atoms with Crippen molar-refractivity contribution in [3.8, 4) is 0 Å². The Bertz CT molecular complexity index is 446. The van der Waals surface area contributed by atoms with Gasteiger partial charge in [0, 0.05) is 11.3 Å². The lowest BCUT2D eigenvalue weighted by atomic mass is 9.95. The van der Waals surface area contributed by atoms with Gasteiger partial charge in [-0.2, -0.15) is 0 Å². The molecule has 0 amide bonds. The molecule has 1 aliphatic rings. The molecule has 1 aromatic carbocycles. The number of hydrogen-bond donors (Lipinski definition) is 1. The Morgan fingerprint density at radius 2 is 2.13 bits per heavy atom. The Morgan fingerprint density at radius 3 is 2.80 bits per heavy atom. The second-order valence-electron chi connectivity index (χ2n) is 4.11. The molecule has 0 radical (unpaired) electrons. The molecule has 1 atom stereocenters. The summed E-state index contributed by atoms with van der Waals surface area (Å²) in [5.74, 6) is 0.140. The van der Waals surface area contributed by atoms with Crippen molar-refractivity contribution in [1.82, 2.24) is 0 Å². The summed E-state index contributed by atoms with van der Waals surface area (Å²) < 4.78 is 0. The lowest BCUT2D eigenvalue weighted by Gasteiger charge is -2.24. The van der Waals surface area contributed by atoms with E-state index < -0.39 is 0 Å². The summed E-state index contributed by atoms with van der Waals surface area (Å²) in [6.07, 6.45) is 1.98. The lowest BCUT2D eigenvalue weighted by Crippen LogP contribution is -2.25. The standard InChI is InChI=1S/C13H15NO/c1-8-4-5-11-7-12(10(3)15)9(2)14-13(11)6-8/h4-7,9,14H,1-3H3. The Balaban J connectivity index is 2.50. The summed E-state index contributed by atoms with van der Waals surface area (Å²) in [6.45, 7) is 5.69. The number of Topliss-reactive ketones (excluding diaryl/α,β-unsaturated/α-hetero) is 1. The summed E-state index contributed by atoms with van der Waals surface area (Å²) in [6, 6.07) is 6.33. The first-order valence-corrected chi connectivity index (χ1v) is 5.17. The van der Waals surface area contributed by atoms with Gasteiger partial charge in [-0.15, -0.1) is 0 Å². The van der Waals surface area contributed by atoms with Gasteiger partial charge in [0.25, 0.3) is 0 Å². The monoisotopic (exact) mass is 201 g/mol. The SMILES string of the molecule is CC(=O)C1=Cc2ccc(C)cc2NC1C. The summed E-state index contributed by atoms with van der Waals surface area (Å²) in [7, 11) is 0. The van der Waals surface area contributed by atoms with Crippen LogP contribution in [0, 0.1) is 6.92 Å². The molecule has 0 aromatic heterocycles. The summed E-state index contributed by atoms with van der Waals surface area (Å²) in [4.78, 5) is 11.4. The number of carbonyl (C=O) groups is 1. The molecule has 1 aliphatic heterocycles. The van der Waals surface area contributed by atoms with Gasteiger partial charge in [-0.3, -0.25) is 4.79 Å². The highest BCUT2D eigenvalue weighted by molar-refractivity contribution is 6.01. The van der Waals surface area contributed by atoms with Crippen molar-refractivity contribution < 1.29 is 4.79 Å². The minimum Gasteiger partial charge on any atom is -0.378 e. The first-order chi connectivity index (χ1) is 7.08. The number of aryl methyl sites for hydroxylation is 1. The molecule has 0 spiro atoms. The van der Waals surface area contributed by atoms with Crippen molar-refractivity contribution in [2.75, 3.05) is 5.32 Å². The van der Waals surface area contributed by atoms with E-state index in [0.717, 1.165) is 16.8 Å². The number of rotatable bonds is 1. The number of carbonyl (C=O) groups excluding carboxylic acids is 1. The first-order valence-electron chi connectivity index (χ1n) is 5.17. The second-order valence-corrected chi connectivity index (χ2v) is 4.11. The van der Waals surface area contributed by atoms with Gasteiger partial charge < -0.3 is 5.32 Å². The minimum atomic E-state index is 0.108. The van der Waals surface area contributed by atoms with E-state index in [-0.39, 0.29) is 11.8 Å². The Morgan fingerprint density at radius 1 is 1.40 bits per heavy atom. The van der Waals surface area contributed by atoms with Crippen LogP contribution in [0.1, 0.15) is 25.0 Å². The van der Waals surface area contributed by atoms with E-state index in [1.807, 2.05) is 19.1 Å². The summed E-state index contributed by atoms with van der Waals surface area (Å²) >= 11 is 0. The fourth-order valence-electron chi connectivity index (χ4n) is 1.93. The largest absolute Gasteiger partial charge is 0.378 e. The van der Waals surface area contributed by atoms with E-state index in [1.54, 1.807) is 6.92 Å². The van der Waals surface area contributed by atoms with Crippen molar-refractivity contribution in [2.45, 2.75) is 26.8 Å². The summed E-state index contributed by atoms with van der Waals surface area (Å²) in [5, 5.41) is 3.34. The van der Waals surface area contributed by atoms with Gasteiger partial charge in [-0.25, -0.2) is 0 Å². The lowest BCUT2D eigenvalue weighted by molar-refractivity contribution is -0.113. The highest BCUT2D eigenvalue weighted by Gasteiger charge is 2.19. The van der Waals surface area contributed by atoms with Crippen LogP contribution in [0.5, 0.6) is 0 Å². The zero-order chi connectivity index (χ0) is 11.0. The predicted molar refractivity (Wildman–Crippen MR) is 62.9 cm³/mol. The number of hydrogen-bond acceptors (Lipinski definition) is 2. The van der Waals surface area contributed by atoms with E-state index in [9.17, 15) is 4.79 Å². The molecule has 0 fully saturated rings. The number of anilines is 1. The second kappa shape index (κ2) is 3.54. The molecule has 0 saturated heterocycles. The molecule has 15 heavy (non-hydrogen) atoms. The topological polar surface area (TPSA) is 29.1 Å². The molecule has 1 N–H and O–H groups in total. The van der Waals surface area contributed by atoms with Crippen LogP contribution in [0.3, 0.4) is 0 Å². The molecule has 1 aromatic rings. The van der Waals surface area contributed by atoms with Gasteiger partial charge in [0.15, 0.2) is 5.78 Å². The van der Waals surface area contributed by atoms with Crippen molar-refractivity contribution in [3.63, 3.8) is 0 Å². The van der Waals surface area contributed by atoms with Gasteiger partial charge in [0.2, 0.25) is 0 Å². The molecule has 0 aliphatic carbocycles. The molecular weight excluding hydrogens is 186 g/mol. The maximum atomic E-state index is 11.4. The van der Waals surface area contributed by atoms with Gasteiger partial charge in [0.1, 0.15) is 0 Å². The third kappa shape index (κ3) is 1.80. The predicted octanol–water partition coefficient (Wildman–Crippen LogP) is 2.78. The zero-order valence-corrected chi connectivity index (χ0v) is 9.29. The van der Waals surface area contributed by atoms with Crippen LogP contribution < -0.4 is 5.32 Å². The minimum absolute atomic E-state index is 0.108. The quantitative estimate of drug-likeness (QED) is 0.757. The van der Waals surface area contributed by atoms with E-state index >= 15 is 0 Å². The van der Waals surface area contributed by atoms with Gasteiger partial charge in [-0.1, -0.05) is 12.1 Å². The normalized spacial score (nSPS) is 18.9. The summed E-state index contributed by atoms with van der Waals surface area (Å²) in [5.41, 5.74) is 4.30. The van der Waals surface area contributed by atoms with E-state index in [4.69, 9.17) is 0 Å². The smallest absolute Gasteiger partial charge is 0.157 e. The van der Waals surface area contributed by atoms with E-state index in [0.29, 0.717) is 0 Å².